The second-order valence-corrected chi connectivity index (χ2v) is 10.5. The van der Waals surface area contributed by atoms with Gasteiger partial charge >= 0.3 is 6.09 Å². The number of hydrogen-bond acceptors (Lipinski definition) is 7. The van der Waals surface area contributed by atoms with Crippen molar-refractivity contribution in [2.24, 2.45) is 5.92 Å². The van der Waals surface area contributed by atoms with E-state index in [4.69, 9.17) is 19.3 Å². The summed E-state index contributed by atoms with van der Waals surface area (Å²) in [5.74, 6) is -0.268. The molecule has 2 aromatic carbocycles. The number of benzene rings is 2. The Morgan fingerprint density at radius 1 is 0.977 bits per heavy atom. The first kappa shape index (κ1) is 30.9. The molecule has 0 saturated carbocycles. The summed E-state index contributed by atoms with van der Waals surface area (Å²) in [6.07, 6.45) is 1.50. The van der Waals surface area contributed by atoms with E-state index in [2.05, 4.69) is 16.0 Å². The van der Waals surface area contributed by atoms with Crippen LogP contribution in [0.4, 0.5) is 4.79 Å². The Labute approximate surface area is 249 Å². The van der Waals surface area contributed by atoms with Crippen molar-refractivity contribution in [3.05, 3.63) is 53.7 Å². The van der Waals surface area contributed by atoms with Crippen LogP contribution < -0.4 is 30.2 Å². The monoisotopic (exact) mass is 592 g/mol. The summed E-state index contributed by atoms with van der Waals surface area (Å²) in [5, 5.41) is 17.4. The summed E-state index contributed by atoms with van der Waals surface area (Å²) in [6, 6.07) is 9.96. The summed E-state index contributed by atoms with van der Waals surface area (Å²) in [6.45, 7) is 4.64. The Morgan fingerprint density at radius 2 is 1.63 bits per heavy atom. The van der Waals surface area contributed by atoms with E-state index in [9.17, 15) is 19.2 Å². The molecular formula is C31H36N4O8. The Hall–Kier alpha value is -5.00. The van der Waals surface area contributed by atoms with Crippen LogP contribution in [0, 0.1) is 5.92 Å². The molecule has 0 bridgehead atoms. The first-order chi connectivity index (χ1) is 20.6. The average Bonchev–Trinajstić information content (AvgIpc) is 3.48. The number of ether oxygens (including phenoxy) is 3. The summed E-state index contributed by atoms with van der Waals surface area (Å²) < 4.78 is 18.3. The number of nitrogens with zero attached hydrogens (tertiary/aromatic N) is 1. The Bertz CT molecular complexity index is 1560. The molecule has 1 unspecified atom stereocenters. The molecule has 12 nitrogen and oxygen atoms in total. The average molecular weight is 593 g/mol. The molecule has 228 valence electrons. The van der Waals surface area contributed by atoms with Crippen LogP contribution in [0.15, 0.2) is 42.6 Å². The predicted octanol–water partition coefficient (Wildman–Crippen LogP) is 3.42. The zero-order chi connectivity index (χ0) is 31.3. The van der Waals surface area contributed by atoms with Gasteiger partial charge in [0, 0.05) is 35.8 Å². The van der Waals surface area contributed by atoms with E-state index in [0.29, 0.717) is 54.3 Å². The number of carbonyl (C=O) groups excluding carboxylic acids is 3. The normalized spacial score (nSPS) is 13.7. The van der Waals surface area contributed by atoms with Gasteiger partial charge in [-0.3, -0.25) is 19.7 Å². The van der Waals surface area contributed by atoms with Crippen molar-refractivity contribution in [2.75, 3.05) is 27.9 Å². The summed E-state index contributed by atoms with van der Waals surface area (Å²) in [4.78, 5) is 50.1. The number of carboxylic acid groups (broad SMARTS) is 1. The molecule has 12 heteroatoms. The highest BCUT2D eigenvalue weighted by molar-refractivity contribution is 6.50. The number of hydrogen-bond donors (Lipinski definition) is 4. The highest BCUT2D eigenvalue weighted by atomic mass is 16.5. The Kier molecular flexibility index (Phi) is 9.59. The summed E-state index contributed by atoms with van der Waals surface area (Å²) >= 11 is 0. The molecule has 0 spiro atoms. The first-order valence-electron chi connectivity index (χ1n) is 13.8. The lowest BCUT2D eigenvalue weighted by molar-refractivity contribution is -0.124. The maximum Gasteiger partial charge on any atom is 0.405 e. The van der Waals surface area contributed by atoms with E-state index < -0.39 is 23.9 Å². The number of para-hydroxylation sites is 1. The molecule has 43 heavy (non-hydrogen) atoms. The number of fused-ring (bicyclic) bond motifs is 1. The molecule has 0 saturated heterocycles. The Morgan fingerprint density at radius 3 is 2.23 bits per heavy atom. The van der Waals surface area contributed by atoms with Gasteiger partial charge in [0.2, 0.25) is 11.7 Å². The van der Waals surface area contributed by atoms with E-state index in [1.807, 2.05) is 48.9 Å². The second-order valence-electron chi connectivity index (χ2n) is 10.5. The molecule has 3 aromatic rings. The minimum absolute atomic E-state index is 0.131. The van der Waals surface area contributed by atoms with E-state index in [-0.39, 0.29) is 23.0 Å². The number of rotatable bonds is 13. The number of methoxy groups -OCH3 is 3. The van der Waals surface area contributed by atoms with Gasteiger partial charge in [-0.15, -0.1) is 0 Å². The highest BCUT2D eigenvalue weighted by Crippen LogP contribution is 2.43. The van der Waals surface area contributed by atoms with Gasteiger partial charge in [-0.25, -0.2) is 4.79 Å². The standard InChI is InChI=1S/C31H36N4O8/c1-17(2)13-21(33-31(39)40)28(36)32-11-8-12-35-16-20(19-9-6-7-10-22(19)35)26-25(29(37)34-30(26)38)18-14-23(41-3)27(43-5)24(15-18)42-4/h6-7,9-10,14-17,21,33H,8,11-13H2,1-5H3,(H,32,36)(H,39,40)(H,34,37,38). The van der Waals surface area contributed by atoms with E-state index in [1.54, 1.807) is 12.1 Å². The minimum atomic E-state index is -1.25. The predicted molar refractivity (Wildman–Crippen MR) is 160 cm³/mol. The maximum atomic E-state index is 13.2. The van der Waals surface area contributed by atoms with Crippen molar-refractivity contribution >= 4 is 45.9 Å². The number of imide groups is 1. The molecule has 4 rings (SSSR count). The summed E-state index contributed by atoms with van der Waals surface area (Å²) in [5.41, 5.74) is 2.26. The van der Waals surface area contributed by atoms with Crippen LogP contribution in [0.1, 0.15) is 37.8 Å². The summed E-state index contributed by atoms with van der Waals surface area (Å²) in [7, 11) is 4.42. The first-order valence-corrected chi connectivity index (χ1v) is 13.8. The number of amides is 4. The lowest BCUT2D eigenvalue weighted by Gasteiger charge is -2.18. The molecule has 0 radical (unpaired) electrons. The minimum Gasteiger partial charge on any atom is -0.493 e. The van der Waals surface area contributed by atoms with Gasteiger partial charge in [0.1, 0.15) is 6.04 Å². The van der Waals surface area contributed by atoms with Crippen molar-refractivity contribution in [2.45, 2.75) is 39.3 Å². The van der Waals surface area contributed by atoms with Crippen LogP contribution in [0.5, 0.6) is 17.2 Å². The van der Waals surface area contributed by atoms with Crippen LogP contribution in [0.2, 0.25) is 0 Å². The van der Waals surface area contributed by atoms with Crippen molar-refractivity contribution in [3.8, 4) is 17.2 Å². The van der Waals surface area contributed by atoms with Crippen LogP contribution in [-0.4, -0.2) is 67.4 Å². The van der Waals surface area contributed by atoms with Crippen LogP contribution >= 0.6 is 0 Å². The zero-order valence-corrected chi connectivity index (χ0v) is 24.8. The van der Waals surface area contributed by atoms with Gasteiger partial charge in [-0.1, -0.05) is 32.0 Å². The van der Waals surface area contributed by atoms with Crippen molar-refractivity contribution in [1.82, 2.24) is 20.5 Å². The van der Waals surface area contributed by atoms with Crippen molar-refractivity contribution in [1.29, 1.82) is 0 Å². The third-order valence-corrected chi connectivity index (χ3v) is 7.14. The van der Waals surface area contributed by atoms with Gasteiger partial charge in [-0.2, -0.15) is 0 Å². The zero-order valence-electron chi connectivity index (χ0n) is 24.8. The lowest BCUT2D eigenvalue weighted by atomic mass is 9.95. The van der Waals surface area contributed by atoms with Gasteiger partial charge in [0.15, 0.2) is 11.5 Å². The molecule has 1 aliphatic rings. The highest BCUT2D eigenvalue weighted by Gasteiger charge is 2.35. The van der Waals surface area contributed by atoms with Gasteiger partial charge in [0.05, 0.1) is 32.5 Å². The molecule has 1 aromatic heterocycles. The molecule has 0 fully saturated rings. The van der Waals surface area contributed by atoms with Crippen LogP contribution in [-0.2, 0) is 20.9 Å². The number of carbonyl (C=O) groups is 4. The molecule has 4 N–H and O–H groups in total. The Balaban J connectivity index is 1.65. The molecule has 1 atom stereocenters. The topological polar surface area (TPSA) is 157 Å². The number of aromatic nitrogens is 1. The largest absolute Gasteiger partial charge is 0.493 e. The van der Waals surface area contributed by atoms with E-state index >= 15 is 0 Å². The molecule has 0 aliphatic carbocycles. The second kappa shape index (κ2) is 13.3. The fourth-order valence-electron chi connectivity index (χ4n) is 5.28. The molecule has 2 heterocycles. The lowest BCUT2D eigenvalue weighted by Crippen LogP contribution is -2.47. The van der Waals surface area contributed by atoms with Gasteiger partial charge < -0.3 is 34.5 Å². The molecule has 4 amide bonds. The van der Waals surface area contributed by atoms with E-state index in [0.717, 1.165) is 10.9 Å². The van der Waals surface area contributed by atoms with Crippen molar-refractivity contribution < 1.29 is 38.5 Å². The third-order valence-electron chi connectivity index (χ3n) is 7.14. The van der Waals surface area contributed by atoms with Crippen molar-refractivity contribution in [3.63, 3.8) is 0 Å². The smallest absolute Gasteiger partial charge is 0.405 e. The van der Waals surface area contributed by atoms with Crippen LogP contribution in [0.3, 0.4) is 0 Å². The fraction of sp³-hybridized carbons (Fsp3) is 0.355. The molecular weight excluding hydrogens is 556 g/mol. The molecule has 1 aliphatic heterocycles. The SMILES string of the molecule is COc1cc(C2=C(c3cn(CCCNC(=O)C(CC(C)C)NC(=O)O)c4ccccc34)C(=O)NC2=O)cc(OC)c1OC. The fourth-order valence-corrected chi connectivity index (χ4v) is 5.28. The van der Waals surface area contributed by atoms with Gasteiger partial charge in [0.25, 0.3) is 11.8 Å². The maximum absolute atomic E-state index is 13.2. The van der Waals surface area contributed by atoms with Gasteiger partial charge in [-0.05, 0) is 42.5 Å². The number of aryl methyl sites for hydroxylation is 1. The number of nitrogens with one attached hydrogen (secondary N) is 3. The van der Waals surface area contributed by atoms with Crippen LogP contribution in [0.25, 0.3) is 22.0 Å². The van der Waals surface area contributed by atoms with E-state index in [1.165, 1.54) is 21.3 Å². The quantitative estimate of drug-likeness (QED) is 0.174. The third kappa shape index (κ3) is 6.58.